The quantitative estimate of drug-likeness (QED) is 0.0771. The number of rotatable bonds is 18. The standard InChI is InChI=1S/C49H62N4O12S/c1-26(51-39(58)15-18-50-45(63)37(66)23-40(59)60)43(61)52-27(2)44(62)53-32-8-6-7-29(20-32)19-28-9-11-30(12-10-28)46(64)65-36-22-38-48(4)16-13-31-21-33(55)14-17-47(31,3)42(48)34(56)24-49(38,5)41(36)35(57)25-54/h6-12,14,17,20-21,26-27,34,36-38,41-42,46,54,56,64,66H,13,15-16,18-19,22-25H2,1-5H3,(H,50,63)(H,51,58)(H,52,61)(H,53,62)(H,59,60)/t26-,27-,34-,36+,37?,38?,41-,42?,46-,47-,48-,49-/m0/s1. The van der Waals surface area contributed by atoms with Gasteiger partial charge in [0.1, 0.15) is 18.7 Å². The van der Waals surface area contributed by atoms with Gasteiger partial charge in [-0.3, -0.25) is 33.6 Å². The molecule has 0 saturated heterocycles. The van der Waals surface area contributed by atoms with E-state index in [2.05, 4.69) is 47.7 Å². The molecule has 16 nitrogen and oxygen atoms in total. The summed E-state index contributed by atoms with van der Waals surface area (Å²) in [5.74, 6) is -4.94. The average Bonchev–Trinajstić information content (AvgIpc) is 3.55. The molecule has 4 aliphatic carbocycles. The number of fused-ring (bicyclic) bond motifs is 5. The van der Waals surface area contributed by atoms with E-state index < -0.39 is 101 Å². The third kappa shape index (κ3) is 10.7. The van der Waals surface area contributed by atoms with Crippen LogP contribution >= 0.6 is 12.6 Å². The normalized spacial score (nSPS) is 29.4. The number of thiol groups is 1. The van der Waals surface area contributed by atoms with Crippen LogP contribution in [0.4, 0.5) is 5.69 Å². The van der Waals surface area contributed by atoms with Gasteiger partial charge in [0.15, 0.2) is 17.9 Å². The second kappa shape index (κ2) is 20.3. The lowest BCUT2D eigenvalue weighted by molar-refractivity contribution is -0.176. The van der Waals surface area contributed by atoms with Crippen LogP contribution in [0.3, 0.4) is 0 Å². The molecule has 3 fully saturated rings. The highest BCUT2D eigenvalue weighted by Gasteiger charge is 2.69. The molecule has 8 N–H and O–H groups in total. The van der Waals surface area contributed by atoms with Crippen LogP contribution in [0.25, 0.3) is 0 Å². The first-order valence-corrected chi connectivity index (χ1v) is 23.0. The Hall–Kier alpha value is -5.20. The molecule has 4 amide bonds. The summed E-state index contributed by atoms with van der Waals surface area (Å²) in [4.78, 5) is 86.7. The van der Waals surface area contributed by atoms with Gasteiger partial charge in [0.25, 0.3) is 0 Å². The Morgan fingerprint density at radius 2 is 1.62 bits per heavy atom. The van der Waals surface area contributed by atoms with E-state index in [1.807, 2.05) is 31.2 Å². The van der Waals surface area contributed by atoms with Crippen LogP contribution in [0.1, 0.15) is 96.1 Å². The maximum absolute atomic E-state index is 13.6. The maximum Gasteiger partial charge on any atom is 0.304 e. The van der Waals surface area contributed by atoms with Crippen LogP contribution in [-0.2, 0) is 44.7 Å². The minimum atomic E-state index is -1.37. The fourth-order valence-electron chi connectivity index (χ4n) is 11.6. The molecular formula is C49H62N4O12S. The Morgan fingerprint density at radius 3 is 2.30 bits per heavy atom. The third-order valence-electron chi connectivity index (χ3n) is 14.6. The van der Waals surface area contributed by atoms with Crippen molar-refractivity contribution in [1.82, 2.24) is 16.0 Å². The van der Waals surface area contributed by atoms with Gasteiger partial charge < -0.3 is 46.4 Å². The molecule has 3 saturated carbocycles. The molecule has 356 valence electrons. The first-order chi connectivity index (χ1) is 31.1. The van der Waals surface area contributed by atoms with Crippen LogP contribution in [0.15, 0.2) is 72.3 Å². The van der Waals surface area contributed by atoms with Gasteiger partial charge in [-0.05, 0) is 98.1 Å². The zero-order valence-corrected chi connectivity index (χ0v) is 38.8. The van der Waals surface area contributed by atoms with Crippen molar-refractivity contribution in [2.45, 2.75) is 115 Å². The number of hydrogen-bond donors (Lipinski definition) is 9. The van der Waals surface area contributed by atoms with Gasteiger partial charge in [-0.15, -0.1) is 0 Å². The number of carbonyl (C=O) groups is 7. The molecule has 4 aliphatic rings. The molecule has 66 heavy (non-hydrogen) atoms. The van der Waals surface area contributed by atoms with E-state index in [4.69, 9.17) is 9.84 Å². The number of aliphatic carboxylic acids is 1. The van der Waals surface area contributed by atoms with E-state index >= 15 is 0 Å². The summed E-state index contributed by atoms with van der Waals surface area (Å²) in [6.45, 7) is 8.44. The number of amides is 4. The minimum Gasteiger partial charge on any atom is -0.481 e. The topological polar surface area (TPSA) is 258 Å². The fourth-order valence-corrected chi connectivity index (χ4v) is 11.8. The Morgan fingerprint density at radius 1 is 0.924 bits per heavy atom. The highest BCUT2D eigenvalue weighted by atomic mass is 32.1. The van der Waals surface area contributed by atoms with E-state index in [1.54, 1.807) is 42.5 Å². The Bertz CT molecular complexity index is 2280. The second-order valence-corrected chi connectivity index (χ2v) is 19.8. The lowest BCUT2D eigenvalue weighted by atomic mass is 9.41. The molecule has 0 spiro atoms. The maximum atomic E-state index is 13.6. The smallest absolute Gasteiger partial charge is 0.304 e. The van der Waals surface area contributed by atoms with Crippen molar-refractivity contribution >= 4 is 59.5 Å². The number of ketones is 2. The van der Waals surface area contributed by atoms with Crippen molar-refractivity contribution in [1.29, 1.82) is 0 Å². The van der Waals surface area contributed by atoms with Gasteiger partial charge in [-0.1, -0.05) is 68.8 Å². The zero-order valence-electron chi connectivity index (χ0n) is 37.9. The number of Topliss-reactive ketones (excluding diaryl/α,β-unsaturated/α-hetero) is 1. The number of allylic oxidation sites excluding steroid dienone is 4. The summed E-state index contributed by atoms with van der Waals surface area (Å²) in [5.41, 5.74) is 2.09. The summed E-state index contributed by atoms with van der Waals surface area (Å²) in [5, 5.41) is 51.6. The van der Waals surface area contributed by atoms with E-state index in [0.717, 1.165) is 23.1 Å². The van der Waals surface area contributed by atoms with E-state index in [-0.39, 0.29) is 36.4 Å². The first-order valence-electron chi connectivity index (χ1n) is 22.4. The lowest BCUT2D eigenvalue weighted by Gasteiger charge is -2.64. The Labute approximate surface area is 389 Å². The number of anilines is 1. The van der Waals surface area contributed by atoms with Crippen LogP contribution in [0, 0.1) is 34.0 Å². The molecule has 12 atom stereocenters. The highest BCUT2D eigenvalue weighted by Crippen LogP contribution is 2.71. The molecule has 3 unspecified atom stereocenters. The number of benzene rings is 2. The Balaban J connectivity index is 1.02. The molecule has 17 heteroatoms. The molecule has 0 aliphatic heterocycles. The monoisotopic (exact) mass is 930 g/mol. The highest BCUT2D eigenvalue weighted by molar-refractivity contribution is 7.81. The first kappa shape index (κ1) is 50.2. The number of aliphatic hydroxyl groups excluding tert-OH is 3. The van der Waals surface area contributed by atoms with Crippen molar-refractivity contribution in [3.8, 4) is 0 Å². The van der Waals surface area contributed by atoms with Crippen molar-refractivity contribution in [3.05, 3.63) is 89.0 Å². The molecule has 2 aromatic carbocycles. The summed E-state index contributed by atoms with van der Waals surface area (Å²) in [6, 6.07) is 12.4. The van der Waals surface area contributed by atoms with Gasteiger partial charge >= 0.3 is 5.97 Å². The number of carbonyl (C=O) groups excluding carboxylic acids is 6. The van der Waals surface area contributed by atoms with Gasteiger partial charge in [0.05, 0.1) is 29.8 Å². The molecule has 0 aromatic heterocycles. The van der Waals surface area contributed by atoms with Crippen molar-refractivity contribution in [2.75, 3.05) is 18.5 Å². The lowest BCUT2D eigenvalue weighted by Crippen LogP contribution is -2.61. The molecule has 0 heterocycles. The minimum absolute atomic E-state index is 0.0529. The average molecular weight is 931 g/mol. The van der Waals surface area contributed by atoms with E-state index in [1.165, 1.54) is 13.8 Å². The SMILES string of the molecule is C[C@H](NC(=O)CCNC(=O)C(S)CC(=O)O)C(=O)N[C@@H](C)C(=O)Nc1cccc(Cc2ccc([C@@H](O)O[C@@H]3CC4[C@]5(C)CCC6=CC(=O)C=C[C@]6(C)C5[C@@H](O)C[C@]4(C)[C@H]3C(=O)CO)cc2)c1. The molecule has 0 radical (unpaired) electrons. The summed E-state index contributed by atoms with van der Waals surface area (Å²) >= 11 is 3.93. The van der Waals surface area contributed by atoms with Gasteiger partial charge in [0.2, 0.25) is 23.6 Å². The van der Waals surface area contributed by atoms with E-state index in [0.29, 0.717) is 36.9 Å². The van der Waals surface area contributed by atoms with Crippen LogP contribution < -0.4 is 21.3 Å². The van der Waals surface area contributed by atoms with Gasteiger partial charge in [0, 0.05) is 35.5 Å². The van der Waals surface area contributed by atoms with Crippen LogP contribution in [0.2, 0.25) is 0 Å². The van der Waals surface area contributed by atoms with E-state index in [9.17, 15) is 48.9 Å². The molecule has 2 aromatic rings. The predicted molar refractivity (Wildman–Crippen MR) is 246 cm³/mol. The molecule has 0 bridgehead atoms. The van der Waals surface area contributed by atoms with Gasteiger partial charge in [-0.2, -0.15) is 12.6 Å². The zero-order chi connectivity index (χ0) is 48.3. The number of nitrogens with one attached hydrogen (secondary N) is 4. The van der Waals surface area contributed by atoms with Gasteiger partial charge in [-0.25, -0.2) is 0 Å². The fraction of sp³-hybridized carbons (Fsp3) is 0.531. The number of carboxylic acid groups (broad SMARTS) is 1. The van der Waals surface area contributed by atoms with Crippen LogP contribution in [-0.4, -0.2) is 104 Å². The second-order valence-electron chi connectivity index (χ2n) is 19.1. The number of ether oxygens (including phenoxy) is 1. The number of carboxylic acids is 1. The summed E-state index contributed by atoms with van der Waals surface area (Å²) in [7, 11) is 0. The summed E-state index contributed by atoms with van der Waals surface area (Å²) < 4.78 is 6.37. The summed E-state index contributed by atoms with van der Waals surface area (Å²) in [6.07, 6.45) is 4.36. The predicted octanol–water partition coefficient (Wildman–Crippen LogP) is 3.34. The molecular weight excluding hydrogens is 869 g/mol. The van der Waals surface area contributed by atoms with Crippen molar-refractivity contribution in [3.63, 3.8) is 0 Å². The number of aliphatic hydroxyl groups is 3. The number of hydrogen-bond acceptors (Lipinski definition) is 12. The largest absolute Gasteiger partial charge is 0.481 e. The molecule has 6 rings (SSSR count). The third-order valence-corrected chi connectivity index (χ3v) is 15.0. The Kier molecular flexibility index (Phi) is 15.5. The van der Waals surface area contributed by atoms with Crippen molar-refractivity contribution in [2.24, 2.45) is 34.0 Å². The van der Waals surface area contributed by atoms with Crippen molar-refractivity contribution < 1.29 is 58.7 Å². The van der Waals surface area contributed by atoms with Crippen LogP contribution in [0.5, 0.6) is 0 Å².